The van der Waals surface area contributed by atoms with Crippen molar-refractivity contribution in [2.45, 2.75) is 38.4 Å². The van der Waals surface area contributed by atoms with Crippen LogP contribution in [0.25, 0.3) is 0 Å². The number of aliphatic hydroxyl groups is 1. The topological polar surface area (TPSA) is 49.8 Å². The zero-order chi connectivity index (χ0) is 13.7. The van der Waals surface area contributed by atoms with Gasteiger partial charge in [0.05, 0.1) is 6.61 Å². The number of carbonyl (C=O) groups excluding carboxylic acids is 1. The van der Waals surface area contributed by atoms with E-state index in [2.05, 4.69) is 17.0 Å². The summed E-state index contributed by atoms with van der Waals surface area (Å²) in [6.07, 6.45) is 1.92. The normalized spacial score (nSPS) is 23.5. The molecule has 1 aliphatic rings. The average molecular weight is 263 g/mol. The fourth-order valence-electron chi connectivity index (χ4n) is 2.66. The van der Waals surface area contributed by atoms with Crippen LogP contribution in [0.1, 0.15) is 25.3 Å². The molecule has 104 valence electrons. The molecular formula is C15H21NO3. The summed E-state index contributed by atoms with van der Waals surface area (Å²) in [5, 5.41) is 9.46. The van der Waals surface area contributed by atoms with Crippen LogP contribution in [0, 0.1) is 0 Å². The van der Waals surface area contributed by atoms with Gasteiger partial charge in [-0.3, -0.25) is 9.69 Å². The molecule has 1 aromatic rings. The number of nitrogens with zero attached hydrogens (tertiary/aromatic N) is 1. The van der Waals surface area contributed by atoms with Crippen LogP contribution in [0.15, 0.2) is 30.3 Å². The third-order valence-corrected chi connectivity index (χ3v) is 3.67. The summed E-state index contributed by atoms with van der Waals surface area (Å²) in [4.78, 5) is 13.2. The van der Waals surface area contributed by atoms with Gasteiger partial charge in [0.25, 0.3) is 0 Å². The molecule has 1 aliphatic heterocycles. The van der Waals surface area contributed by atoms with E-state index >= 15 is 0 Å². The second-order valence-electron chi connectivity index (χ2n) is 5.03. The van der Waals surface area contributed by atoms with Crippen LogP contribution in [-0.2, 0) is 16.1 Å². The first-order valence-electron chi connectivity index (χ1n) is 6.74. The maximum Gasteiger partial charge on any atom is 0.302 e. The molecule has 0 amide bonds. The first-order chi connectivity index (χ1) is 9.20. The van der Waals surface area contributed by atoms with E-state index in [1.165, 1.54) is 12.5 Å². The quantitative estimate of drug-likeness (QED) is 0.819. The number of aliphatic hydroxyl groups excluding tert-OH is 1. The minimum atomic E-state index is -0.243. The summed E-state index contributed by atoms with van der Waals surface area (Å²) in [7, 11) is 0. The van der Waals surface area contributed by atoms with E-state index in [9.17, 15) is 9.90 Å². The summed E-state index contributed by atoms with van der Waals surface area (Å²) in [5.41, 5.74) is 1.22. The number of esters is 1. The second kappa shape index (κ2) is 6.68. The van der Waals surface area contributed by atoms with Crippen molar-refractivity contribution in [2.75, 3.05) is 13.2 Å². The van der Waals surface area contributed by atoms with E-state index in [0.29, 0.717) is 6.61 Å². The van der Waals surface area contributed by atoms with Gasteiger partial charge in [-0.05, 0) is 18.4 Å². The summed E-state index contributed by atoms with van der Waals surface area (Å²) in [6, 6.07) is 10.6. The van der Waals surface area contributed by atoms with Crippen molar-refractivity contribution in [3.05, 3.63) is 35.9 Å². The molecular weight excluding hydrogens is 242 g/mol. The Bertz CT molecular complexity index is 407. The molecule has 1 aromatic carbocycles. The van der Waals surface area contributed by atoms with Gasteiger partial charge >= 0.3 is 5.97 Å². The Hall–Kier alpha value is -1.39. The highest BCUT2D eigenvalue weighted by Crippen LogP contribution is 2.26. The fraction of sp³-hybridized carbons (Fsp3) is 0.533. The molecule has 2 atom stereocenters. The van der Waals surface area contributed by atoms with E-state index in [0.717, 1.165) is 19.4 Å². The molecule has 1 N–H and O–H groups in total. The van der Waals surface area contributed by atoms with E-state index in [1.54, 1.807) is 0 Å². The summed E-state index contributed by atoms with van der Waals surface area (Å²) in [6.45, 7) is 2.79. The predicted octanol–water partition coefficient (Wildman–Crippen LogP) is 1.57. The number of likely N-dealkylation sites (tertiary alicyclic amines) is 1. The Morgan fingerprint density at radius 2 is 2.00 bits per heavy atom. The molecule has 0 saturated carbocycles. The van der Waals surface area contributed by atoms with Crippen LogP contribution in [-0.4, -0.2) is 41.3 Å². The van der Waals surface area contributed by atoms with Crippen molar-refractivity contribution in [3.63, 3.8) is 0 Å². The van der Waals surface area contributed by atoms with Crippen molar-refractivity contribution < 1.29 is 14.6 Å². The highest BCUT2D eigenvalue weighted by molar-refractivity contribution is 5.65. The molecule has 1 fully saturated rings. The lowest BCUT2D eigenvalue weighted by atomic mass is 10.2. The Kier molecular flexibility index (Phi) is 4.93. The van der Waals surface area contributed by atoms with Gasteiger partial charge in [0, 0.05) is 25.6 Å². The average Bonchev–Trinajstić information content (AvgIpc) is 2.80. The minimum absolute atomic E-state index is 0.156. The highest BCUT2D eigenvalue weighted by Gasteiger charge is 2.33. The van der Waals surface area contributed by atoms with Gasteiger partial charge in [0.2, 0.25) is 0 Å². The molecule has 0 aromatic heterocycles. The Morgan fingerprint density at radius 3 is 2.63 bits per heavy atom. The van der Waals surface area contributed by atoms with Crippen LogP contribution in [0.4, 0.5) is 0 Å². The molecule has 2 rings (SSSR count). The van der Waals surface area contributed by atoms with Crippen LogP contribution in [0.2, 0.25) is 0 Å². The number of hydrogen-bond donors (Lipinski definition) is 1. The zero-order valence-electron chi connectivity index (χ0n) is 11.3. The lowest BCUT2D eigenvalue weighted by Crippen LogP contribution is -2.40. The Labute approximate surface area is 114 Å². The van der Waals surface area contributed by atoms with Gasteiger partial charge in [0.1, 0.15) is 6.61 Å². The first kappa shape index (κ1) is 14.0. The zero-order valence-corrected chi connectivity index (χ0v) is 11.3. The van der Waals surface area contributed by atoms with Gasteiger partial charge in [-0.25, -0.2) is 0 Å². The predicted molar refractivity (Wildman–Crippen MR) is 72.5 cm³/mol. The van der Waals surface area contributed by atoms with Gasteiger partial charge in [-0.2, -0.15) is 0 Å². The van der Waals surface area contributed by atoms with Crippen LogP contribution in [0.5, 0.6) is 0 Å². The van der Waals surface area contributed by atoms with Crippen molar-refractivity contribution >= 4 is 5.97 Å². The molecule has 1 heterocycles. The first-order valence-corrected chi connectivity index (χ1v) is 6.74. The van der Waals surface area contributed by atoms with Crippen LogP contribution in [0.3, 0.4) is 0 Å². The second-order valence-corrected chi connectivity index (χ2v) is 5.03. The lowest BCUT2D eigenvalue weighted by molar-refractivity contribution is -0.142. The van der Waals surface area contributed by atoms with E-state index in [4.69, 9.17) is 4.74 Å². The third-order valence-electron chi connectivity index (χ3n) is 3.67. The number of benzene rings is 1. The van der Waals surface area contributed by atoms with E-state index in [-0.39, 0.29) is 24.7 Å². The van der Waals surface area contributed by atoms with Crippen molar-refractivity contribution in [3.8, 4) is 0 Å². The lowest BCUT2D eigenvalue weighted by Gasteiger charge is -2.29. The summed E-state index contributed by atoms with van der Waals surface area (Å²) < 4.78 is 5.12. The summed E-state index contributed by atoms with van der Waals surface area (Å²) >= 11 is 0. The molecule has 0 aliphatic carbocycles. The van der Waals surface area contributed by atoms with E-state index < -0.39 is 0 Å². The maximum absolute atomic E-state index is 10.9. The smallest absolute Gasteiger partial charge is 0.302 e. The molecule has 0 spiro atoms. The van der Waals surface area contributed by atoms with Crippen LogP contribution < -0.4 is 0 Å². The molecule has 4 heteroatoms. The monoisotopic (exact) mass is 263 g/mol. The standard InChI is InChI=1S/C15H21NO3/c1-12(18)19-11-15-8-7-14(10-17)16(15)9-13-5-3-2-4-6-13/h2-6,14-15,17H,7-11H2,1H3/t14-,15+/m0/s1. The number of ether oxygens (including phenoxy) is 1. The third kappa shape index (κ3) is 3.78. The number of rotatable bonds is 5. The summed E-state index contributed by atoms with van der Waals surface area (Å²) in [5.74, 6) is -0.243. The number of hydrogen-bond acceptors (Lipinski definition) is 4. The highest BCUT2D eigenvalue weighted by atomic mass is 16.5. The van der Waals surface area contributed by atoms with Crippen molar-refractivity contribution in [1.29, 1.82) is 0 Å². The van der Waals surface area contributed by atoms with Gasteiger partial charge in [0.15, 0.2) is 0 Å². The van der Waals surface area contributed by atoms with Crippen molar-refractivity contribution in [2.24, 2.45) is 0 Å². The van der Waals surface area contributed by atoms with E-state index in [1.807, 2.05) is 18.2 Å². The fourth-order valence-corrected chi connectivity index (χ4v) is 2.66. The Balaban J connectivity index is 2.01. The maximum atomic E-state index is 10.9. The molecule has 4 nitrogen and oxygen atoms in total. The molecule has 0 radical (unpaired) electrons. The van der Waals surface area contributed by atoms with Crippen molar-refractivity contribution in [1.82, 2.24) is 4.90 Å². The molecule has 19 heavy (non-hydrogen) atoms. The molecule has 0 bridgehead atoms. The van der Waals surface area contributed by atoms with Crippen LogP contribution >= 0.6 is 0 Å². The Morgan fingerprint density at radius 1 is 1.32 bits per heavy atom. The largest absolute Gasteiger partial charge is 0.464 e. The molecule has 0 unspecified atom stereocenters. The van der Waals surface area contributed by atoms with Gasteiger partial charge in [-0.15, -0.1) is 0 Å². The SMILES string of the molecule is CC(=O)OC[C@H]1CC[C@@H](CO)N1Cc1ccccc1. The minimum Gasteiger partial charge on any atom is -0.464 e. The number of carbonyl (C=O) groups is 1. The van der Waals surface area contributed by atoms with Gasteiger partial charge in [-0.1, -0.05) is 30.3 Å². The van der Waals surface area contributed by atoms with Gasteiger partial charge < -0.3 is 9.84 Å². The molecule has 1 saturated heterocycles.